The summed E-state index contributed by atoms with van der Waals surface area (Å²) in [6.45, 7) is 0.545. The molecule has 0 spiro atoms. The number of para-hydroxylation sites is 1. The second kappa shape index (κ2) is 8.86. The van der Waals surface area contributed by atoms with E-state index in [1.165, 1.54) is 33.0 Å². The van der Waals surface area contributed by atoms with Crippen LogP contribution in [0.3, 0.4) is 0 Å². The van der Waals surface area contributed by atoms with Crippen LogP contribution in [0.5, 0.6) is 5.75 Å². The summed E-state index contributed by atoms with van der Waals surface area (Å²) in [5.74, 6) is -0.690. The van der Waals surface area contributed by atoms with Gasteiger partial charge in [-0.3, -0.25) is 4.79 Å². The summed E-state index contributed by atoms with van der Waals surface area (Å²) in [6.07, 6.45) is 1.22. The fraction of sp³-hybridized carbons (Fsp3) is 0.217. The Morgan fingerprint density at radius 3 is 2.76 bits per heavy atom. The van der Waals surface area contributed by atoms with Gasteiger partial charge in [0.05, 0.1) is 21.7 Å². The van der Waals surface area contributed by atoms with E-state index < -0.39 is 15.9 Å². The van der Waals surface area contributed by atoms with Crippen molar-refractivity contribution >= 4 is 54.5 Å². The Morgan fingerprint density at radius 2 is 2.00 bits per heavy atom. The van der Waals surface area contributed by atoms with Gasteiger partial charge in [-0.2, -0.15) is 4.31 Å². The standard InChI is InChI=1S/C23H21N3O4S3/c27-19-13-16(9-10-17(19)23-25-18-6-1-2-7-20(18)32-23)24-22(28)15-5-3-11-26(14-15)33(29,30)21-8-4-12-31-21/h1-2,4,6-10,12-13,15,27H,3,5,11,14H2,(H,24,28). The van der Waals surface area contributed by atoms with E-state index in [1.54, 1.807) is 29.6 Å². The number of carbonyl (C=O) groups excluding carboxylic acids is 1. The molecule has 0 aliphatic carbocycles. The molecule has 1 saturated heterocycles. The molecule has 10 heteroatoms. The predicted octanol–water partition coefficient (Wildman–Crippen LogP) is 4.77. The number of sulfonamides is 1. The highest BCUT2D eigenvalue weighted by molar-refractivity contribution is 7.91. The fourth-order valence-electron chi connectivity index (χ4n) is 3.93. The molecule has 0 radical (unpaired) electrons. The molecule has 7 nitrogen and oxygen atoms in total. The Labute approximate surface area is 199 Å². The predicted molar refractivity (Wildman–Crippen MR) is 131 cm³/mol. The van der Waals surface area contributed by atoms with Gasteiger partial charge >= 0.3 is 0 Å². The number of hydrogen-bond donors (Lipinski definition) is 2. The average molecular weight is 500 g/mol. The molecule has 1 atom stereocenters. The normalized spacial score (nSPS) is 17.3. The molecule has 1 unspecified atom stereocenters. The summed E-state index contributed by atoms with van der Waals surface area (Å²) in [6, 6.07) is 16.0. The van der Waals surface area contributed by atoms with Crippen LogP contribution in [0.2, 0.25) is 0 Å². The molecule has 1 fully saturated rings. The molecule has 3 heterocycles. The Hall–Kier alpha value is -2.79. The third-order valence-corrected chi connectivity index (χ3v) is 9.94. The van der Waals surface area contributed by atoms with Crippen molar-refractivity contribution in [3.63, 3.8) is 0 Å². The first-order valence-electron chi connectivity index (χ1n) is 10.5. The number of piperidine rings is 1. The lowest BCUT2D eigenvalue weighted by Crippen LogP contribution is -2.43. The van der Waals surface area contributed by atoms with Gasteiger partial charge in [0.2, 0.25) is 5.91 Å². The van der Waals surface area contributed by atoms with Gasteiger partial charge in [0.15, 0.2) is 0 Å². The van der Waals surface area contributed by atoms with E-state index in [-0.39, 0.29) is 18.2 Å². The van der Waals surface area contributed by atoms with Crippen LogP contribution in [0, 0.1) is 5.92 Å². The topological polar surface area (TPSA) is 99.6 Å². The van der Waals surface area contributed by atoms with Crippen LogP contribution < -0.4 is 5.32 Å². The smallest absolute Gasteiger partial charge is 0.252 e. The maximum Gasteiger partial charge on any atom is 0.252 e. The van der Waals surface area contributed by atoms with Gasteiger partial charge in [-0.05, 0) is 48.6 Å². The lowest BCUT2D eigenvalue weighted by atomic mass is 9.98. The summed E-state index contributed by atoms with van der Waals surface area (Å²) in [7, 11) is -3.59. The Balaban J connectivity index is 1.30. The number of aromatic nitrogens is 1. The maximum absolute atomic E-state index is 12.9. The van der Waals surface area contributed by atoms with Crippen LogP contribution in [-0.4, -0.2) is 41.8 Å². The number of carbonyl (C=O) groups is 1. The second-order valence-electron chi connectivity index (χ2n) is 7.84. The van der Waals surface area contributed by atoms with E-state index in [0.717, 1.165) is 10.2 Å². The molecule has 33 heavy (non-hydrogen) atoms. The Kier molecular flexibility index (Phi) is 5.92. The van der Waals surface area contributed by atoms with Gasteiger partial charge in [0.1, 0.15) is 15.0 Å². The molecular weight excluding hydrogens is 478 g/mol. The lowest BCUT2D eigenvalue weighted by molar-refractivity contribution is -0.120. The van der Waals surface area contributed by atoms with Crippen molar-refractivity contribution in [2.45, 2.75) is 17.1 Å². The van der Waals surface area contributed by atoms with Gasteiger partial charge in [-0.15, -0.1) is 22.7 Å². The highest BCUT2D eigenvalue weighted by atomic mass is 32.2. The van der Waals surface area contributed by atoms with Crippen molar-refractivity contribution in [3.8, 4) is 16.3 Å². The van der Waals surface area contributed by atoms with Crippen LogP contribution in [-0.2, 0) is 14.8 Å². The minimum Gasteiger partial charge on any atom is -0.507 e. The zero-order chi connectivity index (χ0) is 23.0. The number of aromatic hydroxyl groups is 1. The first-order valence-corrected chi connectivity index (χ1v) is 13.6. The number of nitrogens with zero attached hydrogens (tertiary/aromatic N) is 2. The van der Waals surface area contributed by atoms with Crippen molar-refractivity contribution in [2.24, 2.45) is 5.92 Å². The number of phenolic OH excluding ortho intramolecular Hbond substituents is 1. The van der Waals surface area contributed by atoms with Crippen molar-refractivity contribution in [3.05, 3.63) is 60.0 Å². The number of benzene rings is 2. The van der Waals surface area contributed by atoms with Gasteiger partial charge in [-0.1, -0.05) is 18.2 Å². The van der Waals surface area contributed by atoms with E-state index >= 15 is 0 Å². The summed E-state index contributed by atoms with van der Waals surface area (Å²) >= 11 is 2.66. The van der Waals surface area contributed by atoms with E-state index in [4.69, 9.17) is 0 Å². The van der Waals surface area contributed by atoms with Crippen LogP contribution in [0.25, 0.3) is 20.8 Å². The lowest BCUT2D eigenvalue weighted by Gasteiger charge is -2.30. The SMILES string of the molecule is O=C(Nc1ccc(-c2nc3ccccc3s2)c(O)c1)C1CCCN(S(=O)(=O)c2cccs2)C1. The molecule has 1 amide bonds. The summed E-state index contributed by atoms with van der Waals surface area (Å²) in [5.41, 5.74) is 1.93. The van der Waals surface area contributed by atoms with E-state index in [0.29, 0.717) is 39.9 Å². The van der Waals surface area contributed by atoms with Crippen molar-refractivity contribution in [2.75, 3.05) is 18.4 Å². The first-order chi connectivity index (χ1) is 15.9. The molecule has 2 N–H and O–H groups in total. The van der Waals surface area contributed by atoms with Gasteiger partial charge in [0, 0.05) is 24.8 Å². The Morgan fingerprint density at radius 1 is 1.15 bits per heavy atom. The largest absolute Gasteiger partial charge is 0.507 e. The molecule has 0 saturated carbocycles. The van der Waals surface area contributed by atoms with Crippen molar-refractivity contribution in [1.82, 2.24) is 9.29 Å². The number of anilines is 1. The highest BCUT2D eigenvalue weighted by Crippen LogP contribution is 2.36. The number of amides is 1. The molecule has 0 bridgehead atoms. The monoisotopic (exact) mass is 499 g/mol. The number of nitrogens with one attached hydrogen (secondary N) is 1. The molecule has 4 aromatic rings. The van der Waals surface area contributed by atoms with Crippen LogP contribution in [0.4, 0.5) is 5.69 Å². The van der Waals surface area contributed by atoms with Crippen molar-refractivity contribution < 1.29 is 18.3 Å². The summed E-state index contributed by atoms with van der Waals surface area (Å²) in [4.78, 5) is 17.5. The zero-order valence-corrected chi connectivity index (χ0v) is 19.9. The van der Waals surface area contributed by atoms with Crippen LogP contribution in [0.1, 0.15) is 12.8 Å². The fourth-order valence-corrected chi connectivity index (χ4v) is 7.60. The molecule has 2 aromatic heterocycles. The van der Waals surface area contributed by atoms with Gasteiger partial charge in [0.25, 0.3) is 10.0 Å². The molecule has 170 valence electrons. The third kappa shape index (κ3) is 4.39. The third-order valence-electron chi connectivity index (χ3n) is 5.63. The average Bonchev–Trinajstić information content (AvgIpc) is 3.50. The Bertz CT molecular complexity index is 1380. The number of fused-ring (bicyclic) bond motifs is 1. The van der Waals surface area contributed by atoms with E-state index in [1.807, 2.05) is 24.3 Å². The number of rotatable bonds is 5. The molecule has 5 rings (SSSR count). The van der Waals surface area contributed by atoms with E-state index in [2.05, 4.69) is 10.3 Å². The van der Waals surface area contributed by atoms with Gasteiger partial charge < -0.3 is 10.4 Å². The maximum atomic E-state index is 12.9. The molecule has 1 aliphatic rings. The van der Waals surface area contributed by atoms with Crippen LogP contribution >= 0.6 is 22.7 Å². The zero-order valence-electron chi connectivity index (χ0n) is 17.5. The quantitative estimate of drug-likeness (QED) is 0.412. The summed E-state index contributed by atoms with van der Waals surface area (Å²) in [5, 5.41) is 15.8. The number of phenols is 1. The minimum atomic E-state index is -3.59. The number of thiazole rings is 1. The number of thiophene rings is 1. The molecule has 1 aliphatic heterocycles. The minimum absolute atomic E-state index is 0.0254. The molecular formula is C23H21N3O4S3. The summed E-state index contributed by atoms with van der Waals surface area (Å²) < 4.78 is 28.4. The van der Waals surface area contributed by atoms with Crippen molar-refractivity contribution in [1.29, 1.82) is 0 Å². The van der Waals surface area contributed by atoms with E-state index in [9.17, 15) is 18.3 Å². The molecule has 2 aromatic carbocycles. The van der Waals surface area contributed by atoms with Gasteiger partial charge in [-0.25, -0.2) is 13.4 Å². The highest BCUT2D eigenvalue weighted by Gasteiger charge is 2.33. The first kappa shape index (κ1) is 22.0. The second-order valence-corrected chi connectivity index (χ2v) is 12.0. The number of hydrogen-bond acceptors (Lipinski definition) is 7. The van der Waals surface area contributed by atoms with Crippen LogP contribution in [0.15, 0.2) is 64.2 Å².